The van der Waals surface area contributed by atoms with Gasteiger partial charge >= 0.3 is 0 Å². The monoisotopic (exact) mass is 318 g/mol. The van der Waals surface area contributed by atoms with E-state index < -0.39 is 10.0 Å². The van der Waals surface area contributed by atoms with Crippen LogP contribution >= 0.6 is 0 Å². The van der Waals surface area contributed by atoms with Crippen LogP contribution in [0.15, 0.2) is 17.3 Å². The van der Waals surface area contributed by atoms with Crippen LogP contribution in [0.2, 0.25) is 0 Å². The molecule has 1 aromatic rings. The minimum absolute atomic E-state index is 0.0553. The molecule has 2 rings (SSSR count). The van der Waals surface area contributed by atoms with Crippen LogP contribution in [0, 0.1) is 0 Å². The maximum absolute atomic E-state index is 12.1. The Balaban J connectivity index is 1.81. The molecule has 2 heterocycles. The molecule has 120 valence electrons. The number of aliphatic hydroxyl groups is 1. The molecule has 1 aliphatic rings. The topological polar surface area (TPSA) is 96.7 Å². The summed E-state index contributed by atoms with van der Waals surface area (Å²) in [5.41, 5.74) is 0. The highest BCUT2D eigenvalue weighted by Crippen LogP contribution is 2.07. The second kappa shape index (κ2) is 7.85. The third-order valence-electron chi connectivity index (χ3n) is 3.29. The van der Waals surface area contributed by atoms with E-state index in [9.17, 15) is 8.42 Å². The van der Waals surface area contributed by atoms with Gasteiger partial charge in [0.05, 0.1) is 19.4 Å². The summed E-state index contributed by atoms with van der Waals surface area (Å²) in [6.07, 6.45) is 3.35. The molecule has 0 radical (unpaired) electrons. The van der Waals surface area contributed by atoms with Gasteiger partial charge in [0.2, 0.25) is 10.0 Å². The lowest BCUT2D eigenvalue weighted by Crippen LogP contribution is -2.41. The standard InChI is InChI=1S/C12H22N4O4S/c17-7-1-3-16-11-12(10-13-16)21(18,19)14-2-4-15-5-8-20-9-6-15/h10-11,14,17H,1-9H2. The quantitative estimate of drug-likeness (QED) is 0.630. The second-order valence-electron chi connectivity index (χ2n) is 4.87. The van der Waals surface area contributed by atoms with Crippen LogP contribution in [0.3, 0.4) is 0 Å². The first-order valence-corrected chi connectivity index (χ1v) is 8.53. The Morgan fingerprint density at radius 2 is 2.10 bits per heavy atom. The Kier molecular flexibility index (Phi) is 6.12. The SMILES string of the molecule is O=S(=O)(NCCN1CCOCC1)c1cnn(CCCO)c1. The van der Waals surface area contributed by atoms with Gasteiger partial charge in [0, 0.05) is 45.5 Å². The molecule has 21 heavy (non-hydrogen) atoms. The normalized spacial score (nSPS) is 17.2. The van der Waals surface area contributed by atoms with Crippen LogP contribution in [0.1, 0.15) is 6.42 Å². The van der Waals surface area contributed by atoms with E-state index in [0.717, 1.165) is 13.1 Å². The van der Waals surface area contributed by atoms with Crippen molar-refractivity contribution in [2.45, 2.75) is 17.9 Å². The van der Waals surface area contributed by atoms with E-state index in [1.165, 1.54) is 17.1 Å². The molecule has 0 saturated carbocycles. The summed E-state index contributed by atoms with van der Waals surface area (Å²) in [7, 11) is -3.52. The molecular weight excluding hydrogens is 296 g/mol. The Morgan fingerprint density at radius 3 is 2.81 bits per heavy atom. The smallest absolute Gasteiger partial charge is 0.243 e. The third-order valence-corrected chi connectivity index (χ3v) is 4.70. The summed E-state index contributed by atoms with van der Waals surface area (Å²) >= 11 is 0. The zero-order valence-corrected chi connectivity index (χ0v) is 12.8. The summed E-state index contributed by atoms with van der Waals surface area (Å²) in [6, 6.07) is 0. The van der Waals surface area contributed by atoms with Crippen molar-refractivity contribution in [3.05, 3.63) is 12.4 Å². The molecule has 8 nitrogen and oxygen atoms in total. The number of aromatic nitrogens is 2. The predicted molar refractivity (Wildman–Crippen MR) is 76.4 cm³/mol. The van der Waals surface area contributed by atoms with E-state index in [2.05, 4.69) is 14.7 Å². The van der Waals surface area contributed by atoms with Crippen molar-refractivity contribution in [2.24, 2.45) is 0 Å². The van der Waals surface area contributed by atoms with Gasteiger partial charge in [0.15, 0.2) is 0 Å². The Hall–Kier alpha value is -1.00. The van der Waals surface area contributed by atoms with Crippen molar-refractivity contribution in [3.63, 3.8) is 0 Å². The van der Waals surface area contributed by atoms with Gasteiger partial charge in [-0.1, -0.05) is 0 Å². The molecule has 0 atom stereocenters. The second-order valence-corrected chi connectivity index (χ2v) is 6.64. The molecule has 0 unspecified atom stereocenters. The molecular formula is C12H22N4O4S. The van der Waals surface area contributed by atoms with Crippen molar-refractivity contribution in [3.8, 4) is 0 Å². The van der Waals surface area contributed by atoms with Crippen LogP contribution in [0.25, 0.3) is 0 Å². The molecule has 0 bridgehead atoms. The highest BCUT2D eigenvalue weighted by atomic mass is 32.2. The predicted octanol–water partition coefficient (Wildman–Crippen LogP) is -1.12. The lowest BCUT2D eigenvalue weighted by Gasteiger charge is -2.26. The van der Waals surface area contributed by atoms with Crippen molar-refractivity contribution in [2.75, 3.05) is 46.0 Å². The molecule has 0 spiro atoms. The largest absolute Gasteiger partial charge is 0.396 e. The number of aryl methyl sites for hydroxylation is 1. The molecule has 1 aromatic heterocycles. The van der Waals surface area contributed by atoms with Gasteiger partial charge in [-0.05, 0) is 6.42 Å². The summed E-state index contributed by atoms with van der Waals surface area (Å²) in [5.74, 6) is 0. The van der Waals surface area contributed by atoms with E-state index in [-0.39, 0.29) is 11.5 Å². The lowest BCUT2D eigenvalue weighted by atomic mass is 10.4. The molecule has 9 heteroatoms. The van der Waals surface area contributed by atoms with E-state index >= 15 is 0 Å². The summed E-state index contributed by atoms with van der Waals surface area (Å²) in [5, 5.41) is 12.7. The maximum atomic E-state index is 12.1. The molecule has 1 saturated heterocycles. The Morgan fingerprint density at radius 1 is 1.33 bits per heavy atom. The summed E-state index contributed by atoms with van der Waals surface area (Å²) in [4.78, 5) is 2.32. The lowest BCUT2D eigenvalue weighted by molar-refractivity contribution is 0.0390. The number of morpholine rings is 1. The van der Waals surface area contributed by atoms with Gasteiger partial charge in [-0.2, -0.15) is 5.10 Å². The van der Waals surface area contributed by atoms with Crippen molar-refractivity contribution >= 4 is 10.0 Å². The first-order valence-electron chi connectivity index (χ1n) is 7.05. The number of hydrogen-bond donors (Lipinski definition) is 2. The molecule has 1 aliphatic heterocycles. The highest BCUT2D eigenvalue weighted by Gasteiger charge is 2.17. The number of nitrogens with one attached hydrogen (secondary N) is 1. The zero-order valence-electron chi connectivity index (χ0n) is 11.9. The number of ether oxygens (including phenoxy) is 1. The van der Waals surface area contributed by atoms with Gasteiger partial charge in [-0.25, -0.2) is 13.1 Å². The van der Waals surface area contributed by atoms with Gasteiger partial charge < -0.3 is 9.84 Å². The molecule has 2 N–H and O–H groups in total. The van der Waals surface area contributed by atoms with Gasteiger partial charge in [-0.3, -0.25) is 9.58 Å². The van der Waals surface area contributed by atoms with Crippen LogP contribution in [-0.2, 0) is 21.3 Å². The van der Waals surface area contributed by atoms with Crippen molar-refractivity contribution in [1.82, 2.24) is 19.4 Å². The van der Waals surface area contributed by atoms with E-state index in [0.29, 0.717) is 39.3 Å². The zero-order chi connectivity index (χ0) is 15.1. The first kappa shape index (κ1) is 16.4. The van der Waals surface area contributed by atoms with Crippen molar-refractivity contribution in [1.29, 1.82) is 0 Å². The summed E-state index contributed by atoms with van der Waals surface area (Å²) < 4.78 is 33.5. The van der Waals surface area contributed by atoms with Gasteiger partial charge in [-0.15, -0.1) is 0 Å². The van der Waals surface area contributed by atoms with Crippen LogP contribution in [-0.4, -0.2) is 74.2 Å². The number of aliphatic hydroxyl groups excluding tert-OH is 1. The Labute approximate surface area is 124 Å². The number of nitrogens with zero attached hydrogens (tertiary/aromatic N) is 3. The fraction of sp³-hybridized carbons (Fsp3) is 0.750. The fourth-order valence-electron chi connectivity index (χ4n) is 2.08. The molecule has 0 aromatic carbocycles. The number of sulfonamides is 1. The van der Waals surface area contributed by atoms with Crippen LogP contribution in [0.4, 0.5) is 0 Å². The average Bonchev–Trinajstić information content (AvgIpc) is 2.96. The fourth-order valence-corrected chi connectivity index (χ4v) is 3.06. The average molecular weight is 318 g/mol. The first-order chi connectivity index (χ1) is 10.1. The van der Waals surface area contributed by atoms with Crippen LogP contribution < -0.4 is 4.72 Å². The minimum Gasteiger partial charge on any atom is -0.396 e. The molecule has 0 amide bonds. The van der Waals surface area contributed by atoms with E-state index in [1.54, 1.807) is 0 Å². The molecule has 0 aliphatic carbocycles. The molecule has 1 fully saturated rings. The van der Waals surface area contributed by atoms with Gasteiger partial charge in [0.1, 0.15) is 4.90 Å². The van der Waals surface area contributed by atoms with Crippen LogP contribution in [0.5, 0.6) is 0 Å². The number of hydrogen-bond acceptors (Lipinski definition) is 6. The number of rotatable bonds is 8. The summed E-state index contributed by atoms with van der Waals surface area (Å²) in [6.45, 7) is 4.65. The maximum Gasteiger partial charge on any atom is 0.243 e. The minimum atomic E-state index is -3.52. The van der Waals surface area contributed by atoms with E-state index in [4.69, 9.17) is 9.84 Å². The third kappa shape index (κ3) is 5.04. The Bertz CT molecular complexity index is 525. The van der Waals surface area contributed by atoms with Gasteiger partial charge in [0.25, 0.3) is 0 Å². The van der Waals surface area contributed by atoms with Crippen molar-refractivity contribution < 1.29 is 18.3 Å². The van der Waals surface area contributed by atoms with E-state index in [1.807, 2.05) is 0 Å². The highest BCUT2D eigenvalue weighted by molar-refractivity contribution is 7.89.